The second-order valence-corrected chi connectivity index (χ2v) is 8.25. The van der Waals surface area contributed by atoms with Crippen LogP contribution in [0.15, 0.2) is 47.5 Å². The Bertz CT molecular complexity index is 947. The number of aliphatic hydroxyl groups is 3. The molecule has 0 saturated carbocycles. The van der Waals surface area contributed by atoms with E-state index in [4.69, 9.17) is 21.1 Å². The fourth-order valence-corrected chi connectivity index (χ4v) is 4.35. The fourth-order valence-electron chi connectivity index (χ4n) is 4.17. The molecule has 0 bridgehead atoms. The number of hydrogen-bond donors (Lipinski definition) is 3. The lowest BCUT2D eigenvalue weighted by Crippen LogP contribution is -2.61. The van der Waals surface area contributed by atoms with Crippen LogP contribution in [0.2, 0.25) is 5.02 Å². The smallest absolute Gasteiger partial charge is 0.228 e. The minimum absolute atomic E-state index is 0.344. The second kappa shape index (κ2) is 8.29. The minimum Gasteiger partial charge on any atom is -0.469 e. The molecule has 1 fully saturated rings. The number of ether oxygens (including phenoxy) is 2. The zero-order valence-electron chi connectivity index (χ0n) is 17.0. The van der Waals surface area contributed by atoms with Crippen molar-refractivity contribution in [3.8, 4) is 0 Å². The number of aliphatic imine (C=N–C) groups is 1. The van der Waals surface area contributed by atoms with E-state index in [1.54, 1.807) is 19.1 Å². The maximum Gasteiger partial charge on any atom is 0.228 e. The first kappa shape index (κ1) is 21.3. The topological polar surface area (TPSA) is 91.5 Å². The van der Waals surface area contributed by atoms with Gasteiger partial charge in [0, 0.05) is 17.5 Å². The SMILES string of the molecule is CCc1ccc(Cc2cc(C34N=C(C)OC3[C@@H](O)[C@H](O)[C@@H](CO)O4)ccc2Cl)cc1. The Hall–Kier alpha value is -1.96. The molecule has 0 aromatic heterocycles. The lowest BCUT2D eigenvalue weighted by molar-refractivity contribution is -0.262. The van der Waals surface area contributed by atoms with Crippen LogP contribution >= 0.6 is 11.6 Å². The zero-order chi connectivity index (χ0) is 21.5. The highest BCUT2D eigenvalue weighted by Crippen LogP contribution is 2.45. The van der Waals surface area contributed by atoms with Crippen LogP contribution < -0.4 is 0 Å². The van der Waals surface area contributed by atoms with Gasteiger partial charge in [-0.15, -0.1) is 0 Å². The van der Waals surface area contributed by atoms with Crippen LogP contribution in [0.3, 0.4) is 0 Å². The molecule has 0 radical (unpaired) electrons. The van der Waals surface area contributed by atoms with Gasteiger partial charge < -0.3 is 24.8 Å². The minimum atomic E-state index is -1.36. The van der Waals surface area contributed by atoms with E-state index in [0.29, 0.717) is 22.9 Å². The van der Waals surface area contributed by atoms with Crippen LogP contribution in [-0.4, -0.2) is 52.2 Å². The van der Waals surface area contributed by atoms with E-state index < -0.39 is 36.7 Å². The summed E-state index contributed by atoms with van der Waals surface area (Å²) in [6, 6.07) is 13.8. The predicted octanol–water partition coefficient (Wildman–Crippen LogP) is 2.58. The van der Waals surface area contributed by atoms with Crippen molar-refractivity contribution in [2.24, 2.45) is 4.99 Å². The molecule has 2 aliphatic rings. The number of benzene rings is 2. The van der Waals surface area contributed by atoms with Gasteiger partial charge in [-0.25, -0.2) is 4.99 Å². The Kier molecular flexibility index (Phi) is 5.88. The summed E-state index contributed by atoms with van der Waals surface area (Å²) in [6.07, 6.45) is -2.86. The Balaban J connectivity index is 1.72. The molecule has 2 heterocycles. The molecule has 6 nitrogen and oxygen atoms in total. The van der Waals surface area contributed by atoms with E-state index in [1.807, 2.05) is 6.07 Å². The lowest BCUT2D eigenvalue weighted by atomic mass is 9.85. The van der Waals surface area contributed by atoms with E-state index in [2.05, 4.69) is 36.2 Å². The molecule has 4 rings (SSSR count). The van der Waals surface area contributed by atoms with E-state index >= 15 is 0 Å². The number of nitrogens with zero attached hydrogens (tertiary/aromatic N) is 1. The predicted molar refractivity (Wildman–Crippen MR) is 114 cm³/mol. The van der Waals surface area contributed by atoms with Gasteiger partial charge in [-0.3, -0.25) is 0 Å². The molecule has 2 unspecified atom stereocenters. The molecule has 2 aromatic carbocycles. The van der Waals surface area contributed by atoms with Crippen molar-refractivity contribution in [2.75, 3.05) is 6.61 Å². The number of hydrogen-bond acceptors (Lipinski definition) is 6. The summed E-state index contributed by atoms with van der Waals surface area (Å²) in [7, 11) is 0. The van der Waals surface area contributed by atoms with Crippen molar-refractivity contribution < 1.29 is 24.8 Å². The molecule has 5 atom stereocenters. The molecule has 0 aliphatic carbocycles. The molecule has 1 saturated heterocycles. The molecule has 7 heteroatoms. The largest absolute Gasteiger partial charge is 0.469 e. The summed E-state index contributed by atoms with van der Waals surface area (Å²) in [5.41, 5.74) is 2.57. The van der Waals surface area contributed by atoms with Gasteiger partial charge in [0.2, 0.25) is 5.72 Å². The second-order valence-electron chi connectivity index (χ2n) is 7.84. The van der Waals surface area contributed by atoms with Crippen molar-refractivity contribution in [3.63, 3.8) is 0 Å². The average Bonchev–Trinajstić information content (AvgIpc) is 3.10. The third-order valence-electron chi connectivity index (χ3n) is 5.84. The number of fused-ring (bicyclic) bond motifs is 1. The Morgan fingerprint density at radius 2 is 1.77 bits per heavy atom. The van der Waals surface area contributed by atoms with Gasteiger partial charge in [-0.1, -0.05) is 48.9 Å². The highest BCUT2D eigenvalue weighted by Gasteiger charge is 2.59. The Morgan fingerprint density at radius 1 is 1.07 bits per heavy atom. The quantitative estimate of drug-likeness (QED) is 0.676. The van der Waals surface area contributed by atoms with Crippen LogP contribution in [0, 0.1) is 0 Å². The van der Waals surface area contributed by atoms with E-state index in [1.165, 1.54) is 5.56 Å². The molecular weight excluding hydrogens is 406 g/mol. The van der Waals surface area contributed by atoms with Gasteiger partial charge in [-0.05, 0) is 41.7 Å². The molecule has 0 spiro atoms. The maximum atomic E-state index is 10.6. The van der Waals surface area contributed by atoms with Gasteiger partial charge in [0.25, 0.3) is 0 Å². The van der Waals surface area contributed by atoms with Gasteiger partial charge in [0.1, 0.15) is 18.3 Å². The molecule has 3 N–H and O–H groups in total. The first-order valence-corrected chi connectivity index (χ1v) is 10.5. The third-order valence-corrected chi connectivity index (χ3v) is 6.21. The average molecular weight is 432 g/mol. The van der Waals surface area contributed by atoms with Crippen LogP contribution in [0.25, 0.3) is 0 Å². The molecule has 2 aliphatic heterocycles. The molecule has 160 valence electrons. The van der Waals surface area contributed by atoms with Crippen molar-refractivity contribution >= 4 is 17.5 Å². The van der Waals surface area contributed by atoms with Crippen LogP contribution in [-0.2, 0) is 28.0 Å². The molecule has 0 amide bonds. The van der Waals surface area contributed by atoms with Crippen molar-refractivity contribution in [1.82, 2.24) is 0 Å². The van der Waals surface area contributed by atoms with Crippen molar-refractivity contribution in [3.05, 3.63) is 69.7 Å². The highest BCUT2D eigenvalue weighted by atomic mass is 35.5. The number of halogens is 1. The van der Waals surface area contributed by atoms with Crippen LogP contribution in [0.4, 0.5) is 0 Å². The number of rotatable bonds is 5. The van der Waals surface area contributed by atoms with E-state index in [9.17, 15) is 15.3 Å². The normalized spacial score (nSPS) is 30.5. The summed E-state index contributed by atoms with van der Waals surface area (Å²) in [5.74, 6) is 0.344. The lowest BCUT2D eigenvalue weighted by Gasteiger charge is -2.44. The Labute approximate surface area is 180 Å². The van der Waals surface area contributed by atoms with Crippen molar-refractivity contribution in [2.45, 2.75) is 56.8 Å². The van der Waals surface area contributed by atoms with Crippen molar-refractivity contribution in [1.29, 1.82) is 0 Å². The van der Waals surface area contributed by atoms with Crippen LogP contribution in [0.5, 0.6) is 0 Å². The number of aryl methyl sites for hydroxylation is 1. The van der Waals surface area contributed by atoms with Gasteiger partial charge in [0.05, 0.1) is 6.61 Å². The van der Waals surface area contributed by atoms with E-state index in [0.717, 1.165) is 17.5 Å². The summed E-state index contributed by atoms with van der Waals surface area (Å²) in [6.45, 7) is 3.33. The molecule has 2 aromatic rings. The molecule has 30 heavy (non-hydrogen) atoms. The summed E-state index contributed by atoms with van der Waals surface area (Å²) < 4.78 is 11.8. The van der Waals surface area contributed by atoms with Gasteiger partial charge in [-0.2, -0.15) is 0 Å². The van der Waals surface area contributed by atoms with Gasteiger partial charge >= 0.3 is 0 Å². The Morgan fingerprint density at radius 3 is 2.43 bits per heavy atom. The summed E-state index contributed by atoms with van der Waals surface area (Å²) in [4.78, 5) is 4.54. The monoisotopic (exact) mass is 431 g/mol. The standard InChI is InChI=1S/C23H26ClNO5/c1-3-14-4-6-15(7-5-14)10-16-11-17(8-9-18(16)24)23-22(29-13(2)25-23)21(28)20(27)19(12-26)30-23/h4-9,11,19-22,26-28H,3,10,12H2,1-2H3/t19-,20-,21+,22?,23?/m1/s1. The van der Waals surface area contributed by atoms with Gasteiger partial charge in [0.15, 0.2) is 12.0 Å². The molecular formula is C23H26ClNO5. The highest BCUT2D eigenvalue weighted by molar-refractivity contribution is 6.31. The fraction of sp³-hybridized carbons (Fsp3) is 0.435. The first-order valence-electron chi connectivity index (χ1n) is 10.1. The van der Waals surface area contributed by atoms with Crippen LogP contribution in [0.1, 0.15) is 36.1 Å². The number of aliphatic hydroxyl groups excluding tert-OH is 3. The maximum absolute atomic E-state index is 10.6. The first-order chi connectivity index (χ1) is 14.4. The van der Waals surface area contributed by atoms with E-state index in [-0.39, 0.29) is 0 Å². The zero-order valence-corrected chi connectivity index (χ0v) is 17.7. The summed E-state index contributed by atoms with van der Waals surface area (Å²) >= 11 is 6.48. The third kappa shape index (κ3) is 3.63. The summed E-state index contributed by atoms with van der Waals surface area (Å²) in [5, 5.41) is 31.2.